The van der Waals surface area contributed by atoms with E-state index < -0.39 is 0 Å². The van der Waals surface area contributed by atoms with Crippen LogP contribution < -0.4 is 20.1 Å². The SMILES string of the molecule is COc1ccccc1COCCCOc1ccc(C2=C(C(=O)NCc3ccccc3)[C@H]3CN(C(C)=O)C[C@@H](C2)N3)cc1. The van der Waals surface area contributed by atoms with E-state index in [2.05, 4.69) is 10.6 Å². The molecule has 8 heteroatoms. The molecule has 3 aromatic rings. The molecule has 0 spiro atoms. The lowest BCUT2D eigenvalue weighted by atomic mass is 9.83. The maximum atomic E-state index is 13.6. The molecule has 2 N–H and O–H groups in total. The average Bonchev–Trinajstić information content (AvgIpc) is 3.02. The van der Waals surface area contributed by atoms with Gasteiger partial charge in [0.2, 0.25) is 11.8 Å². The monoisotopic (exact) mass is 569 g/mol. The zero-order valence-corrected chi connectivity index (χ0v) is 24.3. The van der Waals surface area contributed by atoms with Gasteiger partial charge in [-0.3, -0.25) is 9.59 Å². The number of hydrogen-bond donors (Lipinski definition) is 2. The predicted molar refractivity (Wildman–Crippen MR) is 162 cm³/mol. The van der Waals surface area contributed by atoms with E-state index in [1.807, 2.05) is 83.8 Å². The van der Waals surface area contributed by atoms with Crippen molar-refractivity contribution in [2.75, 3.05) is 33.4 Å². The van der Waals surface area contributed by atoms with Gasteiger partial charge < -0.3 is 29.7 Å². The second kappa shape index (κ2) is 14.2. The molecule has 0 unspecified atom stereocenters. The van der Waals surface area contributed by atoms with E-state index >= 15 is 0 Å². The van der Waals surface area contributed by atoms with E-state index in [0.29, 0.717) is 51.4 Å². The fraction of sp³-hybridized carbons (Fsp3) is 0.353. The average molecular weight is 570 g/mol. The summed E-state index contributed by atoms with van der Waals surface area (Å²) < 4.78 is 17.1. The third kappa shape index (κ3) is 7.38. The molecule has 220 valence electrons. The van der Waals surface area contributed by atoms with Gasteiger partial charge in [-0.1, -0.05) is 60.7 Å². The Kier molecular flexibility index (Phi) is 9.90. The lowest BCUT2D eigenvalue weighted by molar-refractivity contribution is -0.131. The molecule has 2 atom stereocenters. The van der Waals surface area contributed by atoms with Crippen LogP contribution in [0.3, 0.4) is 0 Å². The summed E-state index contributed by atoms with van der Waals surface area (Å²) in [5.41, 5.74) is 4.79. The number of fused-ring (bicyclic) bond motifs is 2. The number of rotatable bonds is 12. The molecule has 0 saturated carbocycles. The number of para-hydroxylation sites is 1. The number of nitrogens with one attached hydrogen (secondary N) is 2. The van der Waals surface area contributed by atoms with Crippen LogP contribution in [0, 0.1) is 0 Å². The summed E-state index contributed by atoms with van der Waals surface area (Å²) in [6.45, 7) is 4.76. The number of benzene rings is 3. The predicted octanol–water partition coefficient (Wildman–Crippen LogP) is 4.34. The second-order valence-corrected chi connectivity index (χ2v) is 10.7. The van der Waals surface area contributed by atoms with Crippen LogP contribution in [-0.2, 0) is 27.5 Å². The third-order valence-corrected chi connectivity index (χ3v) is 7.75. The number of ether oxygens (including phenoxy) is 3. The molecule has 42 heavy (non-hydrogen) atoms. The highest BCUT2D eigenvalue weighted by Crippen LogP contribution is 2.34. The lowest BCUT2D eigenvalue weighted by Gasteiger charge is -2.44. The first-order chi connectivity index (χ1) is 20.5. The van der Waals surface area contributed by atoms with Crippen molar-refractivity contribution in [1.82, 2.24) is 15.5 Å². The number of hydrogen-bond acceptors (Lipinski definition) is 6. The van der Waals surface area contributed by atoms with Crippen LogP contribution in [0.25, 0.3) is 5.57 Å². The molecule has 2 heterocycles. The Balaban J connectivity index is 1.21. The van der Waals surface area contributed by atoms with Crippen molar-refractivity contribution in [2.24, 2.45) is 0 Å². The zero-order chi connectivity index (χ0) is 29.3. The van der Waals surface area contributed by atoms with E-state index in [-0.39, 0.29) is 23.9 Å². The molecule has 2 aliphatic rings. The van der Waals surface area contributed by atoms with Crippen molar-refractivity contribution in [3.05, 3.63) is 101 Å². The smallest absolute Gasteiger partial charge is 0.249 e. The standard InChI is InChI=1S/C34H39N3O5/c1-24(38)37-21-28-19-30(33(31(22-37)36-28)34(39)35-20-25-9-4-3-5-10-25)26-13-15-29(16-14-26)42-18-8-17-41-23-27-11-6-7-12-32(27)40-2/h3-7,9-16,28,31,36H,8,17-23H2,1-2H3,(H,35,39)/t28-,31-/m1/s1. The molecular formula is C34H39N3O5. The molecule has 3 aromatic carbocycles. The molecule has 1 saturated heterocycles. The van der Waals surface area contributed by atoms with Crippen molar-refractivity contribution in [3.63, 3.8) is 0 Å². The Morgan fingerprint density at radius 1 is 0.952 bits per heavy atom. The highest BCUT2D eigenvalue weighted by molar-refractivity contribution is 6.03. The number of piperazine rings is 1. The van der Waals surface area contributed by atoms with Gasteiger partial charge in [-0.25, -0.2) is 0 Å². The van der Waals surface area contributed by atoms with Gasteiger partial charge in [0, 0.05) is 50.2 Å². The van der Waals surface area contributed by atoms with Crippen LogP contribution in [0.2, 0.25) is 0 Å². The van der Waals surface area contributed by atoms with E-state index in [4.69, 9.17) is 14.2 Å². The summed E-state index contributed by atoms with van der Waals surface area (Å²) in [6.07, 6.45) is 1.42. The highest BCUT2D eigenvalue weighted by atomic mass is 16.5. The highest BCUT2D eigenvalue weighted by Gasteiger charge is 2.39. The van der Waals surface area contributed by atoms with Crippen molar-refractivity contribution in [1.29, 1.82) is 0 Å². The van der Waals surface area contributed by atoms with Crippen LogP contribution in [0.1, 0.15) is 36.5 Å². The molecule has 8 nitrogen and oxygen atoms in total. The Morgan fingerprint density at radius 3 is 2.48 bits per heavy atom. The molecule has 2 bridgehead atoms. The molecular weight excluding hydrogens is 530 g/mol. The minimum atomic E-state index is -0.223. The Hall–Kier alpha value is -4.14. The van der Waals surface area contributed by atoms with Crippen LogP contribution in [0.5, 0.6) is 11.5 Å². The van der Waals surface area contributed by atoms with Crippen molar-refractivity contribution in [3.8, 4) is 11.5 Å². The van der Waals surface area contributed by atoms with Crippen LogP contribution in [0.4, 0.5) is 0 Å². The number of nitrogens with zero attached hydrogens (tertiary/aromatic N) is 1. The van der Waals surface area contributed by atoms with Gasteiger partial charge in [0.05, 0.1) is 33.0 Å². The normalized spacial score (nSPS) is 18.0. The quantitative estimate of drug-likeness (QED) is 0.316. The first-order valence-corrected chi connectivity index (χ1v) is 14.5. The number of methoxy groups -OCH3 is 1. The summed E-state index contributed by atoms with van der Waals surface area (Å²) in [4.78, 5) is 27.6. The number of carbonyl (C=O) groups excluding carboxylic acids is 2. The minimum absolute atomic E-state index is 0.0330. The third-order valence-electron chi connectivity index (χ3n) is 7.75. The number of amides is 2. The molecule has 0 aromatic heterocycles. The first kappa shape index (κ1) is 29.4. The van der Waals surface area contributed by atoms with Gasteiger partial charge in [0.1, 0.15) is 11.5 Å². The molecule has 2 amide bonds. The summed E-state index contributed by atoms with van der Waals surface area (Å²) >= 11 is 0. The van der Waals surface area contributed by atoms with Crippen molar-refractivity contribution >= 4 is 17.4 Å². The zero-order valence-electron chi connectivity index (χ0n) is 24.3. The second-order valence-electron chi connectivity index (χ2n) is 10.7. The van der Waals surface area contributed by atoms with Gasteiger partial charge in [0.25, 0.3) is 0 Å². The maximum Gasteiger partial charge on any atom is 0.249 e. The van der Waals surface area contributed by atoms with Gasteiger partial charge in [-0.05, 0) is 41.3 Å². The number of carbonyl (C=O) groups is 2. The molecule has 5 rings (SSSR count). The fourth-order valence-corrected chi connectivity index (χ4v) is 5.62. The van der Waals surface area contributed by atoms with Crippen LogP contribution in [0.15, 0.2) is 84.4 Å². The van der Waals surface area contributed by atoms with Gasteiger partial charge in [0.15, 0.2) is 0 Å². The maximum absolute atomic E-state index is 13.6. The van der Waals surface area contributed by atoms with E-state index in [0.717, 1.165) is 40.2 Å². The van der Waals surface area contributed by atoms with Crippen LogP contribution in [-0.4, -0.2) is 62.2 Å². The van der Waals surface area contributed by atoms with Crippen LogP contribution >= 0.6 is 0 Å². The fourth-order valence-electron chi connectivity index (χ4n) is 5.62. The van der Waals surface area contributed by atoms with E-state index in [1.165, 1.54) is 0 Å². The van der Waals surface area contributed by atoms with Gasteiger partial charge in [-0.15, -0.1) is 0 Å². The summed E-state index contributed by atoms with van der Waals surface area (Å²) in [5.74, 6) is 1.53. The van der Waals surface area contributed by atoms with Crippen molar-refractivity contribution in [2.45, 2.75) is 45.0 Å². The van der Waals surface area contributed by atoms with Gasteiger partial charge in [-0.2, -0.15) is 0 Å². The Bertz CT molecular complexity index is 1390. The summed E-state index contributed by atoms with van der Waals surface area (Å²) in [5, 5.41) is 6.69. The lowest BCUT2D eigenvalue weighted by Crippen LogP contribution is -2.61. The molecule has 0 radical (unpaired) electrons. The Labute approximate surface area is 247 Å². The summed E-state index contributed by atoms with van der Waals surface area (Å²) in [7, 11) is 1.66. The van der Waals surface area contributed by atoms with E-state index in [9.17, 15) is 9.59 Å². The minimum Gasteiger partial charge on any atom is -0.496 e. The van der Waals surface area contributed by atoms with Crippen molar-refractivity contribution < 1.29 is 23.8 Å². The molecule has 0 aliphatic carbocycles. The molecule has 1 fully saturated rings. The largest absolute Gasteiger partial charge is 0.496 e. The van der Waals surface area contributed by atoms with Gasteiger partial charge >= 0.3 is 0 Å². The first-order valence-electron chi connectivity index (χ1n) is 14.5. The molecule has 2 aliphatic heterocycles. The topological polar surface area (TPSA) is 89.1 Å². The summed E-state index contributed by atoms with van der Waals surface area (Å²) in [6, 6.07) is 25.6. The Morgan fingerprint density at radius 2 is 1.71 bits per heavy atom. The van der Waals surface area contributed by atoms with E-state index in [1.54, 1.807) is 14.0 Å².